The Morgan fingerprint density at radius 3 is 1.82 bits per heavy atom. The number of aliphatic hydroxyl groups is 1. The number of benzene rings is 2. The first kappa shape index (κ1) is 30.6. The van der Waals surface area contributed by atoms with Gasteiger partial charge in [0.05, 0.1) is 24.5 Å². The van der Waals surface area contributed by atoms with Crippen molar-refractivity contribution in [1.82, 2.24) is 15.2 Å². The topological polar surface area (TPSA) is 101 Å². The van der Waals surface area contributed by atoms with E-state index in [2.05, 4.69) is 34.6 Å². The predicted molar refractivity (Wildman–Crippen MR) is 154 cm³/mol. The molecule has 0 radical (unpaired) electrons. The van der Waals surface area contributed by atoms with Gasteiger partial charge < -0.3 is 19.9 Å². The van der Waals surface area contributed by atoms with E-state index < -0.39 is 23.4 Å². The summed E-state index contributed by atoms with van der Waals surface area (Å²) in [4.78, 5) is 30.9. The largest absolute Gasteiger partial charge is 0.444 e. The monoisotopic (exact) mass is 547 g/mol. The van der Waals surface area contributed by atoms with Crippen molar-refractivity contribution in [3.05, 3.63) is 100 Å². The Morgan fingerprint density at radius 1 is 0.750 bits per heavy atom. The van der Waals surface area contributed by atoms with Crippen LogP contribution in [0.15, 0.2) is 66.7 Å². The van der Waals surface area contributed by atoms with Gasteiger partial charge in [0.2, 0.25) is 0 Å². The van der Waals surface area contributed by atoms with Crippen LogP contribution in [0.4, 0.5) is 9.59 Å². The Labute approximate surface area is 237 Å². The van der Waals surface area contributed by atoms with E-state index in [1.807, 2.05) is 77.9 Å². The zero-order chi connectivity index (χ0) is 29.3. The lowest BCUT2D eigenvalue weighted by atomic mass is 10.0. The van der Waals surface area contributed by atoms with Crippen molar-refractivity contribution in [2.45, 2.75) is 85.4 Å². The van der Waals surface area contributed by atoms with E-state index in [4.69, 9.17) is 9.47 Å². The van der Waals surface area contributed by atoms with Crippen LogP contribution in [0.2, 0.25) is 0 Å². The van der Waals surface area contributed by atoms with E-state index in [0.717, 1.165) is 28.7 Å². The number of rotatable bonds is 9. The summed E-state index contributed by atoms with van der Waals surface area (Å²) >= 11 is 0. The van der Waals surface area contributed by atoms with Gasteiger partial charge in [-0.25, -0.2) is 9.59 Å². The third kappa shape index (κ3) is 10.7. The van der Waals surface area contributed by atoms with Gasteiger partial charge in [-0.05, 0) is 82.3 Å². The molecular weight excluding hydrogens is 506 g/mol. The minimum Gasteiger partial charge on any atom is -0.444 e. The van der Waals surface area contributed by atoms with Crippen LogP contribution in [0, 0.1) is 0 Å². The quantitative estimate of drug-likeness (QED) is 0.334. The van der Waals surface area contributed by atoms with Gasteiger partial charge >= 0.3 is 12.2 Å². The van der Waals surface area contributed by atoms with Gasteiger partial charge in [-0.15, -0.1) is 0 Å². The van der Waals surface area contributed by atoms with Crippen molar-refractivity contribution in [3.63, 3.8) is 0 Å². The van der Waals surface area contributed by atoms with Crippen LogP contribution < -0.4 is 5.32 Å². The molecule has 1 heterocycles. The predicted octanol–water partition coefficient (Wildman–Crippen LogP) is 6.13. The van der Waals surface area contributed by atoms with Gasteiger partial charge in [-0.3, -0.25) is 9.88 Å². The number of aromatic nitrogens is 1. The average molecular weight is 548 g/mol. The van der Waals surface area contributed by atoms with Gasteiger partial charge in [-0.2, -0.15) is 0 Å². The fourth-order valence-electron chi connectivity index (χ4n) is 3.89. The normalized spacial score (nSPS) is 11.6. The molecule has 0 aliphatic rings. The number of hydrogen-bond donors (Lipinski definition) is 2. The Balaban J connectivity index is 1.62. The molecule has 214 valence electrons. The summed E-state index contributed by atoms with van der Waals surface area (Å²) in [5.41, 5.74) is 4.34. The van der Waals surface area contributed by atoms with Gasteiger partial charge in [0.15, 0.2) is 0 Å². The number of alkyl carbamates (subject to hydrolysis) is 1. The lowest BCUT2D eigenvalue weighted by Gasteiger charge is -2.27. The molecule has 1 aromatic heterocycles. The molecule has 40 heavy (non-hydrogen) atoms. The minimum absolute atomic E-state index is 0.159. The summed E-state index contributed by atoms with van der Waals surface area (Å²) in [5, 5.41) is 12.2. The first-order valence-corrected chi connectivity index (χ1v) is 13.5. The molecule has 0 aliphatic carbocycles. The van der Waals surface area contributed by atoms with Gasteiger partial charge in [0.1, 0.15) is 11.2 Å². The maximum Gasteiger partial charge on any atom is 0.410 e. The number of pyridine rings is 1. The Kier molecular flexibility index (Phi) is 10.3. The van der Waals surface area contributed by atoms with Crippen molar-refractivity contribution in [3.8, 4) is 0 Å². The Morgan fingerprint density at radius 2 is 1.27 bits per heavy atom. The highest BCUT2D eigenvalue weighted by molar-refractivity contribution is 5.68. The zero-order valence-corrected chi connectivity index (χ0v) is 24.4. The first-order valence-electron chi connectivity index (χ1n) is 13.5. The molecule has 0 saturated carbocycles. The molecule has 2 aromatic carbocycles. The molecule has 8 heteroatoms. The molecule has 8 nitrogen and oxygen atoms in total. The van der Waals surface area contributed by atoms with E-state index in [1.165, 1.54) is 0 Å². The van der Waals surface area contributed by atoms with Crippen molar-refractivity contribution in [2.24, 2.45) is 0 Å². The summed E-state index contributed by atoms with van der Waals surface area (Å²) in [6, 6.07) is 21.7. The molecular formula is C32H41N3O5. The second-order valence-corrected chi connectivity index (χ2v) is 11.8. The lowest BCUT2D eigenvalue weighted by Crippen LogP contribution is -2.36. The molecule has 2 amide bonds. The van der Waals surface area contributed by atoms with Gasteiger partial charge in [0.25, 0.3) is 0 Å². The molecule has 0 bridgehead atoms. The Hall–Kier alpha value is -3.91. The van der Waals surface area contributed by atoms with Crippen molar-refractivity contribution in [2.75, 3.05) is 0 Å². The smallest absolute Gasteiger partial charge is 0.410 e. The second kappa shape index (κ2) is 13.4. The van der Waals surface area contributed by atoms with Crippen LogP contribution in [0.1, 0.15) is 75.2 Å². The van der Waals surface area contributed by atoms with Gasteiger partial charge in [0, 0.05) is 13.1 Å². The molecule has 2 N–H and O–H groups in total. The third-order valence-corrected chi connectivity index (χ3v) is 5.69. The van der Waals surface area contributed by atoms with E-state index in [0.29, 0.717) is 24.5 Å². The molecule has 0 atom stereocenters. The maximum absolute atomic E-state index is 13.0. The number of aliphatic hydroxyl groups excluding tert-OH is 1. The minimum atomic E-state index is -0.624. The highest BCUT2D eigenvalue weighted by atomic mass is 16.6. The SMILES string of the molecule is CC(C)(C)OC(=O)NCc1ccc(Cc2ccc(CN(Cc3cccc(CO)n3)C(=O)OC(C)(C)C)cc2)cc1. The summed E-state index contributed by atoms with van der Waals surface area (Å²) in [7, 11) is 0. The molecule has 0 unspecified atom stereocenters. The average Bonchev–Trinajstić information content (AvgIpc) is 2.87. The van der Waals surface area contributed by atoms with Crippen molar-refractivity contribution in [1.29, 1.82) is 0 Å². The molecule has 0 fully saturated rings. The van der Waals surface area contributed by atoms with Crippen LogP contribution in [0.3, 0.4) is 0 Å². The lowest BCUT2D eigenvalue weighted by molar-refractivity contribution is 0.0213. The van der Waals surface area contributed by atoms with Crippen molar-refractivity contribution < 1.29 is 24.2 Å². The molecule has 3 aromatic rings. The van der Waals surface area contributed by atoms with Crippen LogP contribution in [0.25, 0.3) is 0 Å². The van der Waals surface area contributed by atoms with Crippen LogP contribution in [0.5, 0.6) is 0 Å². The summed E-state index contributed by atoms with van der Waals surface area (Å²) < 4.78 is 10.9. The number of nitrogens with one attached hydrogen (secondary N) is 1. The standard InChI is InChI=1S/C32H41N3O5/c1-31(2,3)39-29(37)33-19-25-14-10-23(11-15-25)18-24-12-16-26(17-13-24)20-35(30(38)40-32(4,5)6)21-27-8-7-9-28(22-36)34-27/h7-17,36H,18-22H2,1-6H3,(H,33,37). The fourth-order valence-corrected chi connectivity index (χ4v) is 3.89. The van der Waals surface area contributed by atoms with Gasteiger partial charge in [-0.1, -0.05) is 54.6 Å². The molecule has 0 aliphatic heterocycles. The third-order valence-electron chi connectivity index (χ3n) is 5.69. The molecule has 0 spiro atoms. The number of ether oxygens (including phenoxy) is 2. The number of hydrogen-bond acceptors (Lipinski definition) is 6. The summed E-state index contributed by atoms with van der Waals surface area (Å²) in [5.74, 6) is 0. The molecule has 0 saturated heterocycles. The van der Waals surface area contributed by atoms with E-state index >= 15 is 0 Å². The number of nitrogens with zero attached hydrogens (tertiary/aromatic N) is 2. The maximum atomic E-state index is 13.0. The van der Waals surface area contributed by atoms with Crippen LogP contribution in [-0.4, -0.2) is 38.4 Å². The highest BCUT2D eigenvalue weighted by Crippen LogP contribution is 2.18. The second-order valence-electron chi connectivity index (χ2n) is 11.8. The molecule has 3 rings (SSSR count). The van der Waals surface area contributed by atoms with E-state index in [-0.39, 0.29) is 13.2 Å². The Bertz CT molecular complexity index is 1260. The summed E-state index contributed by atoms with van der Waals surface area (Å²) in [6.45, 7) is 11.9. The number of amides is 2. The number of carbonyl (C=O) groups is 2. The van der Waals surface area contributed by atoms with Crippen LogP contribution in [-0.2, 0) is 42.1 Å². The van der Waals surface area contributed by atoms with Crippen molar-refractivity contribution >= 4 is 12.2 Å². The highest BCUT2D eigenvalue weighted by Gasteiger charge is 2.23. The van der Waals surface area contributed by atoms with E-state index in [9.17, 15) is 14.7 Å². The number of carbonyl (C=O) groups excluding carboxylic acids is 2. The zero-order valence-electron chi connectivity index (χ0n) is 24.4. The van der Waals surface area contributed by atoms with E-state index in [1.54, 1.807) is 11.0 Å². The summed E-state index contributed by atoms with van der Waals surface area (Å²) in [6.07, 6.45) is -0.0980. The first-order chi connectivity index (χ1) is 18.8. The van der Waals surface area contributed by atoms with Crippen LogP contribution >= 0.6 is 0 Å². The fraction of sp³-hybridized carbons (Fsp3) is 0.406.